The van der Waals surface area contributed by atoms with E-state index in [9.17, 15) is 4.79 Å². The summed E-state index contributed by atoms with van der Waals surface area (Å²) >= 11 is 0. The van der Waals surface area contributed by atoms with Crippen LogP contribution in [0.3, 0.4) is 0 Å². The van der Waals surface area contributed by atoms with Gasteiger partial charge in [-0.25, -0.2) is 0 Å². The van der Waals surface area contributed by atoms with Crippen molar-refractivity contribution in [2.75, 3.05) is 34.0 Å². The second kappa shape index (κ2) is 12.5. The highest BCUT2D eigenvalue weighted by Crippen LogP contribution is 1.99. The fraction of sp³-hybridized carbons (Fsp3) is 0.917. The van der Waals surface area contributed by atoms with Crippen molar-refractivity contribution in [1.29, 1.82) is 0 Å². The van der Waals surface area contributed by atoms with Crippen molar-refractivity contribution in [1.82, 2.24) is 5.32 Å². The lowest BCUT2D eigenvalue weighted by atomic mass is 10.2. The van der Waals surface area contributed by atoms with Crippen LogP contribution in [-0.2, 0) is 14.3 Å². The van der Waals surface area contributed by atoms with Crippen LogP contribution in [0.25, 0.3) is 0 Å². The lowest BCUT2D eigenvalue weighted by Crippen LogP contribution is -2.24. The molecule has 0 radical (unpaired) electrons. The molecule has 0 bridgehead atoms. The van der Waals surface area contributed by atoms with Gasteiger partial charge in [-0.15, -0.1) is 0 Å². The number of ether oxygens (including phenoxy) is 2. The maximum atomic E-state index is 11.3. The number of methoxy groups -OCH3 is 2. The Labute approximate surface area is 98.7 Å². The Morgan fingerprint density at radius 2 is 1.56 bits per heavy atom. The standard InChI is InChI=1S/C12H25NO3/c1-15-10-6-4-3-5-9-13-12(14)8-7-11-16-2/h3-11H2,1-2H3,(H,13,14). The fourth-order valence-electron chi connectivity index (χ4n) is 1.42. The summed E-state index contributed by atoms with van der Waals surface area (Å²) in [6.45, 7) is 2.28. The second-order valence-electron chi connectivity index (χ2n) is 3.85. The van der Waals surface area contributed by atoms with E-state index in [-0.39, 0.29) is 5.91 Å². The van der Waals surface area contributed by atoms with Crippen LogP contribution in [0.5, 0.6) is 0 Å². The Balaban J connectivity index is 3.09. The molecule has 0 saturated heterocycles. The van der Waals surface area contributed by atoms with E-state index in [0.717, 1.165) is 38.8 Å². The predicted octanol–water partition coefficient (Wildman–Crippen LogP) is 1.74. The number of unbranched alkanes of at least 4 members (excludes halogenated alkanes) is 3. The molecule has 1 amide bonds. The zero-order chi connectivity index (χ0) is 12.1. The van der Waals surface area contributed by atoms with Gasteiger partial charge in [-0.05, 0) is 19.3 Å². The van der Waals surface area contributed by atoms with Gasteiger partial charge in [0.2, 0.25) is 5.91 Å². The molecular formula is C12H25NO3. The van der Waals surface area contributed by atoms with Gasteiger partial charge in [-0.1, -0.05) is 12.8 Å². The van der Waals surface area contributed by atoms with Crippen LogP contribution in [0.2, 0.25) is 0 Å². The van der Waals surface area contributed by atoms with Crippen molar-refractivity contribution in [2.45, 2.75) is 38.5 Å². The van der Waals surface area contributed by atoms with Crippen molar-refractivity contribution in [3.8, 4) is 0 Å². The zero-order valence-electron chi connectivity index (χ0n) is 10.6. The zero-order valence-corrected chi connectivity index (χ0v) is 10.6. The summed E-state index contributed by atoms with van der Waals surface area (Å²) in [5, 5.41) is 2.91. The second-order valence-corrected chi connectivity index (χ2v) is 3.85. The first kappa shape index (κ1) is 15.4. The molecule has 0 aromatic heterocycles. The van der Waals surface area contributed by atoms with E-state index in [1.54, 1.807) is 14.2 Å². The molecule has 4 heteroatoms. The minimum absolute atomic E-state index is 0.133. The van der Waals surface area contributed by atoms with E-state index in [1.165, 1.54) is 6.42 Å². The van der Waals surface area contributed by atoms with Crippen LogP contribution in [0.4, 0.5) is 0 Å². The first-order valence-corrected chi connectivity index (χ1v) is 6.06. The van der Waals surface area contributed by atoms with Gasteiger partial charge in [0, 0.05) is 40.4 Å². The Kier molecular flexibility index (Phi) is 12.0. The van der Waals surface area contributed by atoms with E-state index < -0.39 is 0 Å². The summed E-state index contributed by atoms with van der Waals surface area (Å²) < 4.78 is 9.84. The molecule has 0 spiro atoms. The number of nitrogens with one attached hydrogen (secondary N) is 1. The summed E-state index contributed by atoms with van der Waals surface area (Å²) in [6, 6.07) is 0. The molecule has 0 aromatic rings. The molecule has 0 aliphatic heterocycles. The highest BCUT2D eigenvalue weighted by atomic mass is 16.5. The molecule has 16 heavy (non-hydrogen) atoms. The van der Waals surface area contributed by atoms with Crippen molar-refractivity contribution >= 4 is 5.91 Å². The number of carbonyl (C=O) groups is 1. The van der Waals surface area contributed by atoms with E-state index in [2.05, 4.69) is 5.32 Å². The molecule has 4 nitrogen and oxygen atoms in total. The number of hydrogen-bond acceptors (Lipinski definition) is 3. The average molecular weight is 231 g/mol. The molecule has 0 unspecified atom stereocenters. The Hall–Kier alpha value is -0.610. The summed E-state index contributed by atoms with van der Waals surface area (Å²) in [6.07, 6.45) is 5.86. The molecule has 96 valence electrons. The quantitative estimate of drug-likeness (QED) is 0.551. The van der Waals surface area contributed by atoms with Crippen molar-refractivity contribution in [3.63, 3.8) is 0 Å². The predicted molar refractivity (Wildman–Crippen MR) is 64.5 cm³/mol. The summed E-state index contributed by atoms with van der Waals surface area (Å²) in [4.78, 5) is 11.3. The lowest BCUT2D eigenvalue weighted by molar-refractivity contribution is -0.121. The van der Waals surface area contributed by atoms with Crippen LogP contribution < -0.4 is 5.32 Å². The largest absolute Gasteiger partial charge is 0.385 e. The van der Waals surface area contributed by atoms with E-state index in [0.29, 0.717) is 13.0 Å². The van der Waals surface area contributed by atoms with Crippen LogP contribution >= 0.6 is 0 Å². The van der Waals surface area contributed by atoms with Gasteiger partial charge in [0.15, 0.2) is 0 Å². The number of hydrogen-bond donors (Lipinski definition) is 1. The molecule has 1 N–H and O–H groups in total. The summed E-state index contributed by atoms with van der Waals surface area (Å²) in [5.41, 5.74) is 0. The van der Waals surface area contributed by atoms with Crippen molar-refractivity contribution < 1.29 is 14.3 Å². The van der Waals surface area contributed by atoms with Crippen LogP contribution in [0.15, 0.2) is 0 Å². The van der Waals surface area contributed by atoms with Gasteiger partial charge in [0.05, 0.1) is 0 Å². The van der Waals surface area contributed by atoms with Gasteiger partial charge in [0.1, 0.15) is 0 Å². The number of amides is 1. The summed E-state index contributed by atoms with van der Waals surface area (Å²) in [7, 11) is 3.37. The molecule has 0 aliphatic rings. The summed E-state index contributed by atoms with van der Waals surface area (Å²) in [5.74, 6) is 0.133. The molecule has 0 fully saturated rings. The van der Waals surface area contributed by atoms with Crippen LogP contribution in [0.1, 0.15) is 38.5 Å². The van der Waals surface area contributed by atoms with Gasteiger partial charge in [-0.3, -0.25) is 4.79 Å². The van der Waals surface area contributed by atoms with Crippen molar-refractivity contribution in [3.05, 3.63) is 0 Å². The highest BCUT2D eigenvalue weighted by molar-refractivity contribution is 5.75. The maximum Gasteiger partial charge on any atom is 0.220 e. The van der Waals surface area contributed by atoms with Gasteiger partial charge in [-0.2, -0.15) is 0 Å². The third kappa shape index (κ3) is 11.5. The van der Waals surface area contributed by atoms with E-state index >= 15 is 0 Å². The fourth-order valence-corrected chi connectivity index (χ4v) is 1.42. The molecule has 0 heterocycles. The number of rotatable bonds is 11. The smallest absolute Gasteiger partial charge is 0.220 e. The lowest BCUT2D eigenvalue weighted by Gasteiger charge is -2.04. The minimum Gasteiger partial charge on any atom is -0.385 e. The first-order chi connectivity index (χ1) is 7.81. The SMILES string of the molecule is COCCCCCCNC(=O)CCCOC. The molecule has 0 aromatic carbocycles. The maximum absolute atomic E-state index is 11.3. The Bertz CT molecular complexity index is 162. The van der Waals surface area contributed by atoms with Gasteiger partial charge in [0.25, 0.3) is 0 Å². The average Bonchev–Trinajstić information content (AvgIpc) is 2.28. The molecule has 0 aliphatic carbocycles. The Morgan fingerprint density at radius 1 is 0.938 bits per heavy atom. The molecule has 0 saturated carbocycles. The third-order valence-corrected chi connectivity index (χ3v) is 2.35. The molecule has 0 rings (SSSR count). The first-order valence-electron chi connectivity index (χ1n) is 6.06. The minimum atomic E-state index is 0.133. The van der Waals surface area contributed by atoms with E-state index in [1.807, 2.05) is 0 Å². The number of carbonyl (C=O) groups excluding carboxylic acids is 1. The van der Waals surface area contributed by atoms with Gasteiger partial charge < -0.3 is 14.8 Å². The van der Waals surface area contributed by atoms with E-state index in [4.69, 9.17) is 9.47 Å². The topological polar surface area (TPSA) is 47.6 Å². The van der Waals surface area contributed by atoms with Crippen molar-refractivity contribution in [2.24, 2.45) is 0 Å². The monoisotopic (exact) mass is 231 g/mol. The van der Waals surface area contributed by atoms with Crippen LogP contribution in [-0.4, -0.2) is 39.9 Å². The molecule has 0 atom stereocenters. The highest BCUT2D eigenvalue weighted by Gasteiger charge is 1.99. The third-order valence-electron chi connectivity index (χ3n) is 2.35. The van der Waals surface area contributed by atoms with Gasteiger partial charge >= 0.3 is 0 Å². The van der Waals surface area contributed by atoms with Crippen LogP contribution in [0, 0.1) is 0 Å². The molecular weight excluding hydrogens is 206 g/mol. The normalized spacial score (nSPS) is 10.4. The Morgan fingerprint density at radius 3 is 2.25 bits per heavy atom.